The average Bonchev–Trinajstić information content (AvgIpc) is 3.42. The number of hydrogen-bond donors (Lipinski definition) is 2. The number of carboxylic acid groups (broad SMARTS) is 1. The van der Waals surface area contributed by atoms with E-state index in [9.17, 15) is 19.5 Å². The predicted molar refractivity (Wildman–Crippen MR) is 137 cm³/mol. The first-order chi connectivity index (χ1) is 17.3. The molecule has 0 aromatic carbocycles. The zero-order valence-corrected chi connectivity index (χ0v) is 22.4. The number of amides is 2. The minimum absolute atomic E-state index is 0.129. The Hall–Kier alpha value is -3.18. The first kappa shape index (κ1) is 24.5. The third kappa shape index (κ3) is 4.20. The molecule has 5 heterocycles. The first-order valence-electron chi connectivity index (χ1n) is 10.5. The summed E-state index contributed by atoms with van der Waals surface area (Å²) >= 11 is 4.53. The van der Waals surface area contributed by atoms with Gasteiger partial charge in [-0.3, -0.25) is 14.5 Å². The largest absolute Gasteiger partial charge is 0.543 e. The molecule has 1 fully saturated rings. The number of nitrogen functional groups attached to an aromatic ring is 1. The fourth-order valence-electron chi connectivity index (χ4n) is 4.13. The first-order valence-corrected chi connectivity index (χ1v) is 13.4. The number of aliphatic carboxylic acids is 1. The topological polar surface area (TPSA) is 158 Å². The van der Waals surface area contributed by atoms with Crippen LogP contribution in [0.1, 0.15) is 5.69 Å². The molecule has 3 N–H and O–H groups in total. The molecule has 0 saturated carbocycles. The molecule has 0 aliphatic carbocycles. The monoisotopic (exact) mass is 639 g/mol. The van der Waals surface area contributed by atoms with Crippen molar-refractivity contribution in [1.29, 1.82) is 0 Å². The number of anilines is 1. The minimum atomic E-state index is -1.44. The highest BCUT2D eigenvalue weighted by molar-refractivity contribution is 14.1. The lowest BCUT2D eigenvalue weighted by molar-refractivity contribution is -0.662. The molecule has 15 heteroatoms. The highest BCUT2D eigenvalue weighted by Crippen LogP contribution is 2.40. The third-order valence-electron chi connectivity index (χ3n) is 5.68. The van der Waals surface area contributed by atoms with Gasteiger partial charge in [-0.05, 0) is 28.7 Å². The van der Waals surface area contributed by atoms with Gasteiger partial charge in [0, 0.05) is 17.4 Å². The SMILES string of the molecule is CO/N=C(\C(=O)N[C@@H]1C(=O)N2C(C(=O)[O-])=C(C[n+]3ccn4ccccc43)CS[C@H]12)c1nc(N)sc1I. The summed E-state index contributed by atoms with van der Waals surface area (Å²) in [5, 5.41) is 18.2. The maximum atomic E-state index is 13.1. The molecule has 3 aromatic heterocycles. The van der Waals surface area contributed by atoms with Crippen molar-refractivity contribution < 1.29 is 28.9 Å². The number of carboxylic acids is 1. The average molecular weight is 639 g/mol. The lowest BCUT2D eigenvalue weighted by Crippen LogP contribution is -2.71. The molecular weight excluding hydrogens is 621 g/mol. The number of β-lactam (4-membered cyclic amide) rings is 1. The van der Waals surface area contributed by atoms with E-state index >= 15 is 0 Å². The van der Waals surface area contributed by atoms with Crippen LogP contribution in [0.2, 0.25) is 0 Å². The van der Waals surface area contributed by atoms with Gasteiger partial charge in [-0.1, -0.05) is 22.6 Å². The Balaban J connectivity index is 1.38. The number of carbonyl (C=O) groups excluding carboxylic acids is 3. The van der Waals surface area contributed by atoms with Gasteiger partial charge < -0.3 is 25.8 Å². The van der Waals surface area contributed by atoms with Crippen molar-refractivity contribution in [2.24, 2.45) is 5.16 Å². The Morgan fingerprint density at radius 3 is 2.92 bits per heavy atom. The van der Waals surface area contributed by atoms with Crippen LogP contribution in [-0.2, 0) is 25.8 Å². The number of thiazole rings is 1. The number of fused-ring (bicyclic) bond motifs is 2. The highest BCUT2D eigenvalue weighted by atomic mass is 127. The number of rotatable bonds is 7. The standard InChI is InChI=1S/C21H18IN7O5S2/c1-34-26-13(12-16(22)36-21(23)25-12)17(30)24-14-18(31)29-15(20(32)33)10(9-35-19(14)29)8-28-7-6-27-5-3-2-4-11(27)28/h2-7,14,19H,8-9H2,1H3,(H3-,23,24,25,30,32,33)/b26-13-/t14-,19-/m1/s1. The van der Waals surface area contributed by atoms with E-state index in [1.54, 1.807) is 0 Å². The summed E-state index contributed by atoms with van der Waals surface area (Å²) in [6.45, 7) is 0.276. The summed E-state index contributed by atoms with van der Waals surface area (Å²) in [7, 11) is 1.29. The van der Waals surface area contributed by atoms with E-state index in [2.05, 4.69) is 15.5 Å². The summed E-state index contributed by atoms with van der Waals surface area (Å²) in [6.07, 6.45) is 5.60. The van der Waals surface area contributed by atoms with Crippen molar-refractivity contribution in [3.63, 3.8) is 0 Å². The quantitative estimate of drug-likeness (QED) is 0.113. The number of carbonyl (C=O) groups is 3. The molecule has 36 heavy (non-hydrogen) atoms. The maximum absolute atomic E-state index is 13.1. The molecule has 2 amide bonds. The molecular formula is C21H18IN7O5S2. The maximum Gasteiger partial charge on any atom is 0.286 e. The van der Waals surface area contributed by atoms with Gasteiger partial charge in [0.1, 0.15) is 43.2 Å². The number of imidazole rings is 1. The molecule has 1 saturated heterocycles. The van der Waals surface area contributed by atoms with Crippen LogP contribution >= 0.6 is 45.7 Å². The van der Waals surface area contributed by atoms with Crippen molar-refractivity contribution in [3.05, 3.63) is 56.6 Å². The molecule has 5 rings (SSSR count). The van der Waals surface area contributed by atoms with Crippen LogP contribution in [-0.4, -0.2) is 62.1 Å². The van der Waals surface area contributed by atoms with Crippen LogP contribution in [0.5, 0.6) is 0 Å². The summed E-state index contributed by atoms with van der Waals surface area (Å²) in [6, 6.07) is 4.75. The van der Waals surface area contributed by atoms with Gasteiger partial charge in [0.2, 0.25) is 0 Å². The molecule has 0 radical (unpaired) electrons. The van der Waals surface area contributed by atoms with Crippen molar-refractivity contribution in [2.75, 3.05) is 18.6 Å². The zero-order chi connectivity index (χ0) is 25.6. The summed E-state index contributed by atoms with van der Waals surface area (Å²) in [4.78, 5) is 48.3. The Labute approximate surface area is 225 Å². The van der Waals surface area contributed by atoms with Gasteiger partial charge in [0.05, 0.1) is 20.7 Å². The van der Waals surface area contributed by atoms with E-state index in [1.807, 2.05) is 68.3 Å². The van der Waals surface area contributed by atoms with Gasteiger partial charge >= 0.3 is 0 Å². The van der Waals surface area contributed by atoms with E-state index in [0.29, 0.717) is 14.2 Å². The van der Waals surface area contributed by atoms with E-state index in [1.165, 1.54) is 35.1 Å². The third-order valence-corrected chi connectivity index (χ3v) is 8.87. The molecule has 0 spiro atoms. The highest BCUT2D eigenvalue weighted by Gasteiger charge is 2.53. The number of oxime groups is 1. The predicted octanol–water partition coefficient (Wildman–Crippen LogP) is -0.675. The Kier molecular flexibility index (Phi) is 6.60. The number of nitrogens with one attached hydrogen (secondary N) is 1. The Morgan fingerprint density at radius 2 is 2.22 bits per heavy atom. The molecule has 186 valence electrons. The summed E-state index contributed by atoms with van der Waals surface area (Å²) in [5.74, 6) is -2.32. The minimum Gasteiger partial charge on any atom is -0.543 e. The van der Waals surface area contributed by atoms with Crippen LogP contribution in [0.4, 0.5) is 5.13 Å². The molecule has 2 aliphatic rings. The molecule has 0 unspecified atom stereocenters. The lowest BCUT2D eigenvalue weighted by atomic mass is 10.0. The fraction of sp³-hybridized carbons (Fsp3) is 0.238. The number of pyridine rings is 1. The summed E-state index contributed by atoms with van der Waals surface area (Å²) < 4.78 is 4.44. The molecule has 12 nitrogen and oxygen atoms in total. The summed E-state index contributed by atoms with van der Waals surface area (Å²) in [5.41, 5.74) is 7.11. The van der Waals surface area contributed by atoms with Crippen LogP contribution in [0.3, 0.4) is 0 Å². The molecule has 3 aromatic rings. The lowest BCUT2D eigenvalue weighted by Gasteiger charge is -2.50. The second kappa shape index (κ2) is 9.70. The van der Waals surface area contributed by atoms with Gasteiger partial charge in [-0.15, -0.1) is 11.8 Å². The number of nitrogens with zero attached hydrogens (tertiary/aromatic N) is 5. The van der Waals surface area contributed by atoms with E-state index in [4.69, 9.17) is 10.6 Å². The number of halogens is 1. The van der Waals surface area contributed by atoms with Gasteiger partial charge in [0.15, 0.2) is 10.8 Å². The van der Waals surface area contributed by atoms with E-state index in [-0.39, 0.29) is 28.8 Å². The number of thioether (sulfide) groups is 1. The second-order valence-electron chi connectivity index (χ2n) is 7.79. The Bertz CT molecular complexity index is 1470. The number of nitrogens with two attached hydrogens (primary N) is 1. The van der Waals surface area contributed by atoms with Crippen LogP contribution < -0.4 is 20.7 Å². The van der Waals surface area contributed by atoms with Gasteiger partial charge in [0.25, 0.3) is 17.5 Å². The van der Waals surface area contributed by atoms with E-state index in [0.717, 1.165) is 5.65 Å². The van der Waals surface area contributed by atoms with Crippen molar-refractivity contribution in [3.8, 4) is 0 Å². The van der Waals surface area contributed by atoms with Crippen LogP contribution in [0.15, 0.2) is 53.2 Å². The Morgan fingerprint density at radius 1 is 1.42 bits per heavy atom. The zero-order valence-electron chi connectivity index (χ0n) is 18.6. The second-order valence-corrected chi connectivity index (χ2v) is 11.7. The normalized spacial score (nSPS) is 19.8. The van der Waals surface area contributed by atoms with Crippen LogP contribution in [0.25, 0.3) is 5.65 Å². The number of aromatic nitrogens is 3. The van der Waals surface area contributed by atoms with Crippen LogP contribution in [0, 0.1) is 2.88 Å². The smallest absolute Gasteiger partial charge is 0.286 e. The van der Waals surface area contributed by atoms with Crippen molar-refractivity contribution in [1.82, 2.24) is 19.6 Å². The molecule has 2 aliphatic heterocycles. The van der Waals surface area contributed by atoms with Gasteiger partial charge in [-0.2, -0.15) is 0 Å². The van der Waals surface area contributed by atoms with Crippen molar-refractivity contribution in [2.45, 2.75) is 18.0 Å². The molecule has 0 bridgehead atoms. The van der Waals surface area contributed by atoms with Gasteiger partial charge in [-0.25, -0.2) is 14.0 Å². The molecule has 2 atom stereocenters. The van der Waals surface area contributed by atoms with E-state index < -0.39 is 29.2 Å². The van der Waals surface area contributed by atoms with Crippen molar-refractivity contribution >= 4 is 80.0 Å². The fourth-order valence-corrected chi connectivity index (χ4v) is 7.08. The number of hydrogen-bond acceptors (Lipinski definition) is 10.